The summed E-state index contributed by atoms with van der Waals surface area (Å²) in [6.45, 7) is 0.493. The van der Waals surface area contributed by atoms with Crippen LogP contribution in [0.1, 0.15) is 21.5 Å². The number of nitrogens with two attached hydrogens (primary N) is 1. The number of carbonyl (C=O) groups is 1. The Bertz CT molecular complexity index is 628. The number of halogens is 2. The van der Waals surface area contributed by atoms with E-state index in [9.17, 15) is 9.18 Å². The maximum atomic E-state index is 13.1. The summed E-state index contributed by atoms with van der Waals surface area (Å²) in [6.07, 6.45) is 0.855. The van der Waals surface area contributed by atoms with E-state index in [2.05, 4.69) is 0 Å². The monoisotopic (exact) mass is 291 g/mol. The molecule has 2 rings (SSSR count). The Morgan fingerprint density at radius 2 is 1.95 bits per heavy atom. The highest BCUT2D eigenvalue weighted by atomic mass is 35.5. The lowest BCUT2D eigenvalue weighted by Gasteiger charge is -2.08. The van der Waals surface area contributed by atoms with E-state index < -0.39 is 5.82 Å². The normalized spacial score (nSPS) is 10.6. The van der Waals surface area contributed by atoms with Crippen molar-refractivity contribution in [2.75, 3.05) is 6.54 Å². The molecule has 0 amide bonds. The predicted molar refractivity (Wildman–Crippen MR) is 78.6 cm³/mol. The van der Waals surface area contributed by atoms with Gasteiger partial charge >= 0.3 is 0 Å². The summed E-state index contributed by atoms with van der Waals surface area (Å²) in [5.74, 6) is -0.497. The van der Waals surface area contributed by atoms with Gasteiger partial charge in [-0.2, -0.15) is 0 Å². The fourth-order valence-electron chi connectivity index (χ4n) is 2.10. The van der Waals surface area contributed by atoms with Crippen molar-refractivity contribution in [3.05, 3.63) is 70.0 Å². The third-order valence-corrected chi connectivity index (χ3v) is 3.37. The highest BCUT2D eigenvalue weighted by Gasteiger charge is 2.12. The molecule has 0 saturated carbocycles. The van der Waals surface area contributed by atoms with Crippen molar-refractivity contribution >= 4 is 17.4 Å². The largest absolute Gasteiger partial charge is 0.330 e. The third kappa shape index (κ3) is 3.44. The van der Waals surface area contributed by atoms with Gasteiger partial charge in [0.15, 0.2) is 5.78 Å². The van der Waals surface area contributed by atoms with Crippen LogP contribution in [0.4, 0.5) is 4.39 Å². The van der Waals surface area contributed by atoms with E-state index in [1.807, 2.05) is 18.2 Å². The fraction of sp³-hybridized carbons (Fsp3) is 0.188. The highest BCUT2D eigenvalue weighted by molar-refractivity contribution is 6.30. The van der Waals surface area contributed by atoms with Gasteiger partial charge in [-0.3, -0.25) is 4.79 Å². The number of rotatable bonds is 5. The van der Waals surface area contributed by atoms with Crippen LogP contribution in [-0.2, 0) is 12.8 Å². The van der Waals surface area contributed by atoms with Crippen LogP contribution in [0.2, 0.25) is 5.02 Å². The quantitative estimate of drug-likeness (QED) is 0.858. The molecule has 0 spiro atoms. The summed E-state index contributed by atoms with van der Waals surface area (Å²) in [6, 6.07) is 11.7. The number of carbonyl (C=O) groups excluding carboxylic acids is 1. The Labute approximate surface area is 122 Å². The molecule has 0 aliphatic heterocycles. The van der Waals surface area contributed by atoms with E-state index in [1.54, 1.807) is 12.1 Å². The summed E-state index contributed by atoms with van der Waals surface area (Å²) in [5, 5.41) is 0.0329. The molecular formula is C16H15ClFNO. The molecule has 2 aromatic rings. The highest BCUT2D eigenvalue weighted by Crippen LogP contribution is 2.18. The van der Waals surface area contributed by atoms with Crippen LogP contribution in [-0.4, -0.2) is 12.3 Å². The zero-order valence-corrected chi connectivity index (χ0v) is 11.7. The molecule has 0 saturated heterocycles. The first-order chi connectivity index (χ1) is 9.61. The van der Waals surface area contributed by atoms with Crippen molar-refractivity contribution in [3.63, 3.8) is 0 Å². The van der Waals surface area contributed by atoms with Crippen LogP contribution in [0.5, 0.6) is 0 Å². The Hall–Kier alpha value is -1.71. The van der Waals surface area contributed by atoms with Gasteiger partial charge in [-0.05, 0) is 36.2 Å². The van der Waals surface area contributed by atoms with Gasteiger partial charge in [0, 0.05) is 12.0 Å². The van der Waals surface area contributed by atoms with Crippen molar-refractivity contribution in [2.45, 2.75) is 12.8 Å². The Morgan fingerprint density at radius 1 is 1.20 bits per heavy atom. The maximum Gasteiger partial charge on any atom is 0.167 e. The second kappa shape index (κ2) is 6.64. The molecule has 0 atom stereocenters. The minimum Gasteiger partial charge on any atom is -0.330 e. The molecule has 0 aliphatic rings. The summed E-state index contributed by atoms with van der Waals surface area (Å²) >= 11 is 5.72. The van der Waals surface area contributed by atoms with E-state index in [-0.39, 0.29) is 17.2 Å². The van der Waals surface area contributed by atoms with Crippen LogP contribution in [0.3, 0.4) is 0 Å². The smallest absolute Gasteiger partial charge is 0.167 e. The molecule has 0 unspecified atom stereocenters. The summed E-state index contributed by atoms with van der Waals surface area (Å²) in [4.78, 5) is 12.3. The molecule has 0 bridgehead atoms. The average molecular weight is 292 g/mol. The van der Waals surface area contributed by atoms with Crippen LogP contribution in [0.15, 0.2) is 42.5 Å². The first-order valence-electron chi connectivity index (χ1n) is 6.37. The molecule has 2 aromatic carbocycles. The van der Waals surface area contributed by atoms with Gasteiger partial charge in [0.2, 0.25) is 0 Å². The molecular weight excluding hydrogens is 277 g/mol. The van der Waals surface area contributed by atoms with E-state index in [0.29, 0.717) is 24.1 Å². The van der Waals surface area contributed by atoms with Gasteiger partial charge in [0.25, 0.3) is 0 Å². The van der Waals surface area contributed by atoms with E-state index in [4.69, 9.17) is 17.3 Å². The number of hydrogen-bond donors (Lipinski definition) is 1. The van der Waals surface area contributed by atoms with Crippen LogP contribution in [0, 0.1) is 5.82 Å². The van der Waals surface area contributed by atoms with Crippen LogP contribution < -0.4 is 5.73 Å². The lowest BCUT2D eigenvalue weighted by atomic mass is 9.97. The average Bonchev–Trinajstić information content (AvgIpc) is 2.44. The van der Waals surface area contributed by atoms with Crippen LogP contribution >= 0.6 is 11.6 Å². The molecule has 0 radical (unpaired) electrons. The lowest BCUT2D eigenvalue weighted by molar-refractivity contribution is 0.0992. The van der Waals surface area contributed by atoms with Gasteiger partial charge in [-0.25, -0.2) is 4.39 Å². The topological polar surface area (TPSA) is 43.1 Å². The Morgan fingerprint density at radius 3 is 2.65 bits per heavy atom. The first-order valence-corrected chi connectivity index (χ1v) is 6.74. The molecule has 0 aromatic heterocycles. The van der Waals surface area contributed by atoms with Crippen molar-refractivity contribution in [3.8, 4) is 0 Å². The van der Waals surface area contributed by atoms with Gasteiger partial charge in [-0.15, -0.1) is 0 Å². The van der Waals surface area contributed by atoms with Crippen molar-refractivity contribution < 1.29 is 9.18 Å². The Balaban J connectivity index is 2.21. The zero-order valence-electron chi connectivity index (χ0n) is 10.9. The number of hydrogen-bond acceptors (Lipinski definition) is 2. The Kier molecular flexibility index (Phi) is 4.88. The minimum atomic E-state index is -0.480. The second-order valence-electron chi connectivity index (χ2n) is 4.54. The minimum absolute atomic E-state index is 0.0169. The second-order valence-corrected chi connectivity index (χ2v) is 4.95. The van der Waals surface area contributed by atoms with Gasteiger partial charge in [0.05, 0.1) is 5.02 Å². The summed E-state index contributed by atoms with van der Waals surface area (Å²) in [7, 11) is 0. The lowest BCUT2D eigenvalue weighted by Crippen LogP contribution is -2.10. The fourth-order valence-corrected chi connectivity index (χ4v) is 2.30. The first kappa shape index (κ1) is 14.7. The zero-order chi connectivity index (χ0) is 14.5. The molecule has 104 valence electrons. The standard InChI is InChI=1S/C16H15ClFNO/c17-14-9-11(5-6-15(14)18)10-16(20)13-4-2-1-3-12(13)7-8-19/h1-6,9H,7-8,10,19H2. The van der Waals surface area contributed by atoms with Crippen LogP contribution in [0.25, 0.3) is 0 Å². The van der Waals surface area contributed by atoms with Crippen molar-refractivity contribution in [1.82, 2.24) is 0 Å². The third-order valence-electron chi connectivity index (χ3n) is 3.08. The molecule has 4 heteroatoms. The van der Waals surface area contributed by atoms with Gasteiger partial charge in [0.1, 0.15) is 5.82 Å². The summed E-state index contributed by atoms with van der Waals surface area (Å²) in [5.41, 5.74) is 7.85. The molecule has 0 fully saturated rings. The van der Waals surface area contributed by atoms with Gasteiger partial charge in [-0.1, -0.05) is 41.9 Å². The number of benzene rings is 2. The number of Topliss-reactive ketones (excluding diaryl/α,β-unsaturated/α-hetero) is 1. The summed E-state index contributed by atoms with van der Waals surface area (Å²) < 4.78 is 13.1. The van der Waals surface area contributed by atoms with E-state index >= 15 is 0 Å². The maximum absolute atomic E-state index is 13.1. The molecule has 20 heavy (non-hydrogen) atoms. The molecule has 2 nitrogen and oxygen atoms in total. The SMILES string of the molecule is NCCc1ccccc1C(=O)Cc1ccc(F)c(Cl)c1. The molecule has 0 aliphatic carbocycles. The van der Waals surface area contributed by atoms with Crippen molar-refractivity contribution in [2.24, 2.45) is 5.73 Å². The number of ketones is 1. The molecule has 0 heterocycles. The van der Waals surface area contributed by atoms with E-state index in [0.717, 1.165) is 5.56 Å². The predicted octanol–water partition coefficient (Wildman–Crippen LogP) is 3.41. The molecule has 2 N–H and O–H groups in total. The van der Waals surface area contributed by atoms with Gasteiger partial charge < -0.3 is 5.73 Å². The van der Waals surface area contributed by atoms with Crippen molar-refractivity contribution in [1.29, 1.82) is 0 Å². The van der Waals surface area contributed by atoms with E-state index in [1.165, 1.54) is 12.1 Å².